The molecule has 0 saturated carbocycles. The van der Waals surface area contributed by atoms with E-state index in [1.807, 2.05) is 30.3 Å². The fourth-order valence-electron chi connectivity index (χ4n) is 3.52. The van der Waals surface area contributed by atoms with Crippen molar-refractivity contribution in [1.29, 1.82) is 0 Å². The molecule has 0 spiro atoms. The highest BCUT2D eigenvalue weighted by Gasteiger charge is 2.18. The van der Waals surface area contributed by atoms with E-state index < -0.39 is 11.8 Å². The van der Waals surface area contributed by atoms with Crippen molar-refractivity contribution in [1.82, 2.24) is 5.32 Å². The lowest BCUT2D eigenvalue weighted by Crippen LogP contribution is -2.35. The molecular weight excluding hydrogens is 370 g/mol. The Hall–Kier alpha value is -3.22. The quantitative estimate of drug-likeness (QED) is 0.778. The fraction of sp³-hybridized carbons (Fsp3) is 0.364. The summed E-state index contributed by atoms with van der Waals surface area (Å²) in [5.41, 5.74) is 2.57. The van der Waals surface area contributed by atoms with Crippen LogP contribution in [0.1, 0.15) is 25.3 Å². The summed E-state index contributed by atoms with van der Waals surface area (Å²) in [5.74, 6) is 0.729. The van der Waals surface area contributed by atoms with Gasteiger partial charge in [0.25, 0.3) is 0 Å². The van der Waals surface area contributed by atoms with Crippen LogP contribution in [0, 0.1) is 5.92 Å². The molecule has 2 amide bonds. The molecule has 7 nitrogen and oxygen atoms in total. The van der Waals surface area contributed by atoms with Crippen molar-refractivity contribution in [2.45, 2.75) is 26.3 Å². The number of anilines is 2. The van der Waals surface area contributed by atoms with Crippen LogP contribution in [0.2, 0.25) is 0 Å². The van der Waals surface area contributed by atoms with Crippen LogP contribution in [-0.2, 0) is 16.1 Å². The minimum Gasteiger partial charge on any atom is -0.454 e. The maximum Gasteiger partial charge on any atom is 0.313 e. The summed E-state index contributed by atoms with van der Waals surface area (Å²) >= 11 is 0. The zero-order valence-electron chi connectivity index (χ0n) is 16.4. The third kappa shape index (κ3) is 4.62. The molecule has 0 radical (unpaired) electrons. The molecule has 2 aromatic rings. The molecule has 2 N–H and O–H groups in total. The number of carbonyl (C=O) groups excluding carboxylic acids is 2. The van der Waals surface area contributed by atoms with Crippen molar-refractivity contribution in [2.75, 3.05) is 30.1 Å². The number of nitrogens with one attached hydrogen (secondary N) is 2. The van der Waals surface area contributed by atoms with Crippen LogP contribution in [0.15, 0.2) is 42.5 Å². The molecule has 29 heavy (non-hydrogen) atoms. The summed E-state index contributed by atoms with van der Waals surface area (Å²) in [5, 5.41) is 5.26. The molecule has 4 rings (SSSR count). The van der Waals surface area contributed by atoms with Crippen LogP contribution in [0.5, 0.6) is 11.5 Å². The summed E-state index contributed by atoms with van der Waals surface area (Å²) in [6, 6.07) is 13.0. The first kappa shape index (κ1) is 19.1. The summed E-state index contributed by atoms with van der Waals surface area (Å²) in [7, 11) is 0. The molecule has 0 aliphatic carbocycles. The van der Waals surface area contributed by atoms with E-state index in [0.717, 1.165) is 30.3 Å². The van der Waals surface area contributed by atoms with Crippen LogP contribution in [0.25, 0.3) is 0 Å². The normalized spacial score (nSPS) is 15.8. The second kappa shape index (κ2) is 8.43. The van der Waals surface area contributed by atoms with Crippen molar-refractivity contribution >= 4 is 23.2 Å². The van der Waals surface area contributed by atoms with Crippen molar-refractivity contribution < 1.29 is 19.1 Å². The van der Waals surface area contributed by atoms with Gasteiger partial charge in [-0.1, -0.05) is 13.0 Å². The number of piperidine rings is 1. The number of rotatable bonds is 4. The molecule has 1 fully saturated rings. The van der Waals surface area contributed by atoms with Crippen molar-refractivity contribution in [3.63, 3.8) is 0 Å². The molecule has 1 saturated heterocycles. The van der Waals surface area contributed by atoms with Gasteiger partial charge in [-0.25, -0.2) is 0 Å². The van der Waals surface area contributed by atoms with E-state index >= 15 is 0 Å². The summed E-state index contributed by atoms with van der Waals surface area (Å²) in [6.45, 7) is 4.82. The lowest BCUT2D eigenvalue weighted by Gasteiger charge is -2.32. The number of nitrogens with zero attached hydrogens (tertiary/aromatic N) is 1. The highest BCUT2D eigenvalue weighted by Crippen LogP contribution is 2.32. The predicted molar refractivity (Wildman–Crippen MR) is 110 cm³/mol. The Morgan fingerprint density at radius 1 is 1.00 bits per heavy atom. The Balaban J connectivity index is 1.27. The van der Waals surface area contributed by atoms with Crippen molar-refractivity contribution in [3.05, 3.63) is 48.0 Å². The first-order valence-corrected chi connectivity index (χ1v) is 9.91. The van der Waals surface area contributed by atoms with E-state index in [-0.39, 0.29) is 13.3 Å². The Morgan fingerprint density at radius 3 is 2.48 bits per heavy atom. The molecule has 0 atom stereocenters. The van der Waals surface area contributed by atoms with Gasteiger partial charge >= 0.3 is 11.8 Å². The molecule has 0 unspecified atom stereocenters. The van der Waals surface area contributed by atoms with Crippen LogP contribution < -0.4 is 25.0 Å². The molecule has 7 heteroatoms. The predicted octanol–water partition coefficient (Wildman–Crippen LogP) is 2.91. The lowest BCUT2D eigenvalue weighted by atomic mass is 9.99. The van der Waals surface area contributed by atoms with Gasteiger partial charge in [0.1, 0.15) is 0 Å². The largest absolute Gasteiger partial charge is 0.454 e. The highest BCUT2D eigenvalue weighted by molar-refractivity contribution is 6.39. The fourth-order valence-corrected chi connectivity index (χ4v) is 3.52. The molecule has 2 aromatic carbocycles. The Morgan fingerprint density at radius 2 is 1.72 bits per heavy atom. The third-order valence-corrected chi connectivity index (χ3v) is 5.37. The number of hydrogen-bond donors (Lipinski definition) is 2. The van der Waals surface area contributed by atoms with Crippen molar-refractivity contribution in [2.24, 2.45) is 5.92 Å². The van der Waals surface area contributed by atoms with Gasteiger partial charge in [0.2, 0.25) is 6.79 Å². The smallest absolute Gasteiger partial charge is 0.313 e. The van der Waals surface area contributed by atoms with Crippen LogP contribution >= 0.6 is 0 Å². The highest BCUT2D eigenvalue weighted by atomic mass is 16.7. The molecular formula is C22H25N3O4. The Kier molecular flexibility index (Phi) is 5.55. The topological polar surface area (TPSA) is 79.9 Å². The molecule has 2 aliphatic heterocycles. The van der Waals surface area contributed by atoms with E-state index in [0.29, 0.717) is 17.2 Å². The molecule has 2 heterocycles. The Labute approximate surface area is 170 Å². The number of benzene rings is 2. The number of ether oxygens (including phenoxy) is 2. The second-order valence-corrected chi connectivity index (χ2v) is 7.54. The minimum atomic E-state index is -0.690. The zero-order valence-corrected chi connectivity index (χ0v) is 16.4. The van der Waals surface area contributed by atoms with Gasteiger partial charge in [0.05, 0.1) is 0 Å². The second-order valence-electron chi connectivity index (χ2n) is 7.54. The van der Waals surface area contributed by atoms with E-state index in [1.165, 1.54) is 12.8 Å². The first-order valence-electron chi connectivity index (χ1n) is 9.91. The number of amides is 2. The summed E-state index contributed by atoms with van der Waals surface area (Å²) in [4.78, 5) is 26.6. The van der Waals surface area contributed by atoms with Crippen LogP contribution in [-0.4, -0.2) is 31.7 Å². The van der Waals surface area contributed by atoms with Gasteiger partial charge in [-0.05, 0) is 60.7 Å². The molecule has 152 valence electrons. The standard InChI is InChI=1S/C22H25N3O4/c1-15-8-10-25(11-9-15)18-5-3-17(4-6-18)24-22(27)21(26)23-13-16-2-7-19-20(12-16)29-14-28-19/h2-7,12,15H,8-11,13-14H2,1H3,(H,23,26)(H,24,27). The number of fused-ring (bicyclic) bond motifs is 1. The van der Waals surface area contributed by atoms with Gasteiger partial charge < -0.3 is 25.0 Å². The van der Waals surface area contributed by atoms with Gasteiger partial charge in [-0.3, -0.25) is 9.59 Å². The average molecular weight is 395 g/mol. The minimum absolute atomic E-state index is 0.198. The Bertz CT molecular complexity index is 889. The molecule has 2 aliphatic rings. The maximum absolute atomic E-state index is 12.2. The summed E-state index contributed by atoms with van der Waals surface area (Å²) < 4.78 is 10.6. The third-order valence-electron chi connectivity index (χ3n) is 5.37. The molecule has 0 bridgehead atoms. The van der Waals surface area contributed by atoms with Crippen LogP contribution in [0.3, 0.4) is 0 Å². The zero-order chi connectivity index (χ0) is 20.2. The average Bonchev–Trinajstić information content (AvgIpc) is 3.21. The maximum atomic E-state index is 12.2. The van der Waals surface area contributed by atoms with E-state index in [2.05, 4.69) is 22.5 Å². The van der Waals surface area contributed by atoms with Crippen LogP contribution in [0.4, 0.5) is 11.4 Å². The monoisotopic (exact) mass is 395 g/mol. The molecule has 0 aromatic heterocycles. The van der Waals surface area contributed by atoms with Crippen molar-refractivity contribution in [3.8, 4) is 11.5 Å². The first-order chi connectivity index (χ1) is 14.1. The number of hydrogen-bond acceptors (Lipinski definition) is 5. The van der Waals surface area contributed by atoms with Gasteiger partial charge in [0, 0.05) is 31.0 Å². The van der Waals surface area contributed by atoms with Gasteiger partial charge in [0.15, 0.2) is 11.5 Å². The van der Waals surface area contributed by atoms with E-state index in [4.69, 9.17) is 9.47 Å². The van der Waals surface area contributed by atoms with Gasteiger partial charge in [-0.2, -0.15) is 0 Å². The number of carbonyl (C=O) groups is 2. The van der Waals surface area contributed by atoms with E-state index in [9.17, 15) is 9.59 Å². The van der Waals surface area contributed by atoms with E-state index in [1.54, 1.807) is 12.1 Å². The summed E-state index contributed by atoms with van der Waals surface area (Å²) in [6.07, 6.45) is 2.39. The lowest BCUT2D eigenvalue weighted by molar-refractivity contribution is -0.136. The van der Waals surface area contributed by atoms with Gasteiger partial charge in [-0.15, -0.1) is 0 Å². The SMILES string of the molecule is CC1CCN(c2ccc(NC(=O)C(=O)NCc3ccc4c(c3)OCO4)cc2)CC1.